The second-order valence-corrected chi connectivity index (χ2v) is 9.73. The monoisotopic (exact) mass is 493 g/mol. The van der Waals surface area contributed by atoms with Crippen LogP contribution in [0.15, 0.2) is 36.9 Å². The van der Waals surface area contributed by atoms with Crippen molar-refractivity contribution < 1.29 is 18.4 Å². The highest BCUT2D eigenvalue weighted by atomic mass is 35.5. The van der Waals surface area contributed by atoms with E-state index < -0.39 is 22.7 Å². The van der Waals surface area contributed by atoms with Crippen LogP contribution in [0.25, 0.3) is 0 Å². The summed E-state index contributed by atoms with van der Waals surface area (Å²) in [6, 6.07) is 5.39. The van der Waals surface area contributed by atoms with Crippen LogP contribution in [0.4, 0.5) is 14.5 Å². The summed E-state index contributed by atoms with van der Waals surface area (Å²) in [6.45, 7) is 7.39. The Hall–Kier alpha value is -2.64. The molecule has 0 spiro atoms. The van der Waals surface area contributed by atoms with Crippen LogP contribution in [0.1, 0.15) is 41.8 Å². The fourth-order valence-electron chi connectivity index (χ4n) is 4.81. The summed E-state index contributed by atoms with van der Waals surface area (Å²) in [4.78, 5) is 28.1. The number of carbonyl (C=O) groups is 2. The fourth-order valence-corrected chi connectivity index (χ4v) is 5.30. The lowest BCUT2D eigenvalue weighted by atomic mass is 9.87. The lowest BCUT2D eigenvalue weighted by molar-refractivity contribution is -0.125. The molecule has 0 saturated carbocycles. The molecule has 0 radical (unpaired) electrons. The molecule has 174 valence electrons. The molecule has 2 aromatic rings. The summed E-state index contributed by atoms with van der Waals surface area (Å²) >= 11 is 12.6. The van der Waals surface area contributed by atoms with E-state index in [-0.39, 0.29) is 51.6 Å². The minimum Gasteiger partial charge on any atom is -0.373 e. The van der Waals surface area contributed by atoms with Gasteiger partial charge in [0.2, 0.25) is 5.91 Å². The van der Waals surface area contributed by atoms with Gasteiger partial charge < -0.3 is 15.1 Å². The first-order chi connectivity index (χ1) is 15.4. The first-order valence-corrected chi connectivity index (χ1v) is 11.1. The predicted molar refractivity (Wildman–Crippen MR) is 125 cm³/mol. The van der Waals surface area contributed by atoms with Crippen molar-refractivity contribution in [3.8, 4) is 0 Å². The van der Waals surface area contributed by atoms with Crippen molar-refractivity contribution in [2.75, 3.05) is 25.5 Å². The highest BCUT2D eigenvalue weighted by molar-refractivity contribution is 6.42. The number of benzene rings is 2. The van der Waals surface area contributed by atoms with Crippen molar-refractivity contribution >= 4 is 40.7 Å². The highest BCUT2D eigenvalue weighted by Gasteiger charge is 2.46. The van der Waals surface area contributed by atoms with E-state index in [1.54, 1.807) is 27.0 Å². The largest absolute Gasteiger partial charge is 0.373 e. The molecule has 33 heavy (non-hydrogen) atoms. The maximum Gasteiger partial charge on any atom is 0.254 e. The summed E-state index contributed by atoms with van der Waals surface area (Å²) in [6.07, 6.45) is 1.46. The first kappa shape index (κ1) is 23.5. The minimum absolute atomic E-state index is 0.00986. The normalized spacial score (nSPS) is 21.4. The summed E-state index contributed by atoms with van der Waals surface area (Å²) in [5.74, 6) is -1.80. The van der Waals surface area contributed by atoms with Crippen LogP contribution < -0.4 is 5.32 Å². The number of hydrogen-bond acceptors (Lipinski definition) is 3. The Kier molecular flexibility index (Phi) is 5.69. The van der Waals surface area contributed by atoms with E-state index in [4.69, 9.17) is 23.2 Å². The molecular formula is C24H23Cl2F2N3O2. The number of hydrogen-bond donors (Lipinski definition) is 1. The molecule has 9 heteroatoms. The quantitative estimate of drug-likeness (QED) is 0.463. The maximum atomic E-state index is 15.3. The summed E-state index contributed by atoms with van der Waals surface area (Å²) in [7, 11) is 1.62. The smallest absolute Gasteiger partial charge is 0.254 e. The van der Waals surface area contributed by atoms with Gasteiger partial charge in [0.25, 0.3) is 5.91 Å². The third kappa shape index (κ3) is 3.58. The van der Waals surface area contributed by atoms with Gasteiger partial charge in [-0.05, 0) is 50.6 Å². The van der Waals surface area contributed by atoms with Crippen LogP contribution in [0.5, 0.6) is 0 Å². The molecule has 1 fully saturated rings. The molecular weight excluding hydrogens is 471 g/mol. The number of amides is 2. The number of likely N-dealkylation sites (tertiary alicyclic amines) is 1. The molecule has 2 amide bonds. The van der Waals surface area contributed by atoms with Crippen LogP contribution in [0.2, 0.25) is 10.0 Å². The zero-order valence-corrected chi connectivity index (χ0v) is 19.9. The fraction of sp³-hybridized carbons (Fsp3) is 0.333. The zero-order valence-electron chi connectivity index (χ0n) is 18.4. The van der Waals surface area contributed by atoms with Gasteiger partial charge in [-0.2, -0.15) is 0 Å². The SMILES string of the molecule is C=CC(=O)N1CCC(Nc2cc(F)c3c(c2)C(=O)N(C)C3(C)C)(c2c(F)ccc(Cl)c2Cl)C1. The number of fused-ring (bicyclic) bond motifs is 1. The van der Waals surface area contributed by atoms with Gasteiger partial charge in [0.1, 0.15) is 11.6 Å². The van der Waals surface area contributed by atoms with Crippen LogP contribution in [-0.4, -0.2) is 41.8 Å². The molecule has 2 aliphatic heterocycles. The van der Waals surface area contributed by atoms with Crippen molar-refractivity contribution in [3.05, 3.63) is 75.3 Å². The van der Waals surface area contributed by atoms with E-state index in [2.05, 4.69) is 11.9 Å². The maximum absolute atomic E-state index is 15.3. The van der Waals surface area contributed by atoms with Crippen LogP contribution in [0, 0.1) is 11.6 Å². The van der Waals surface area contributed by atoms with Crippen molar-refractivity contribution in [3.63, 3.8) is 0 Å². The second-order valence-electron chi connectivity index (χ2n) is 8.94. The molecule has 1 N–H and O–H groups in total. The molecule has 2 aromatic carbocycles. The molecule has 1 unspecified atom stereocenters. The Morgan fingerprint density at radius 1 is 1.18 bits per heavy atom. The average Bonchev–Trinajstić information content (AvgIpc) is 3.25. The lowest BCUT2D eigenvalue weighted by Crippen LogP contribution is -2.41. The Balaban J connectivity index is 1.85. The summed E-state index contributed by atoms with van der Waals surface area (Å²) in [5, 5.41) is 3.36. The third-order valence-corrected chi connectivity index (χ3v) is 7.54. The number of nitrogens with zero attached hydrogens (tertiary/aromatic N) is 2. The topological polar surface area (TPSA) is 52.7 Å². The number of anilines is 1. The third-order valence-electron chi connectivity index (χ3n) is 6.74. The summed E-state index contributed by atoms with van der Waals surface area (Å²) < 4.78 is 30.4. The lowest BCUT2D eigenvalue weighted by Gasteiger charge is -2.34. The van der Waals surface area contributed by atoms with E-state index in [1.165, 1.54) is 34.1 Å². The Morgan fingerprint density at radius 3 is 2.55 bits per heavy atom. The minimum atomic E-state index is -1.20. The molecule has 4 rings (SSSR count). The van der Waals surface area contributed by atoms with Crippen molar-refractivity contribution in [1.29, 1.82) is 0 Å². The van der Waals surface area contributed by atoms with Gasteiger partial charge in [0.15, 0.2) is 0 Å². The first-order valence-electron chi connectivity index (χ1n) is 10.4. The molecule has 5 nitrogen and oxygen atoms in total. The standard InChI is InChI=1S/C24H23Cl2F2N3O2/c1-5-18(32)31-9-8-24(12-31,20-16(27)7-6-15(25)21(20)26)29-13-10-14-19(17(28)11-13)23(2,3)30(4)22(14)33/h5-7,10-11,29H,1,8-9,12H2,2-4H3. The van der Waals surface area contributed by atoms with Gasteiger partial charge in [0, 0.05) is 37.0 Å². The van der Waals surface area contributed by atoms with Gasteiger partial charge >= 0.3 is 0 Å². The molecule has 1 saturated heterocycles. The van der Waals surface area contributed by atoms with E-state index in [9.17, 15) is 9.59 Å². The van der Waals surface area contributed by atoms with Crippen molar-refractivity contribution in [2.24, 2.45) is 0 Å². The van der Waals surface area contributed by atoms with Crippen LogP contribution >= 0.6 is 23.2 Å². The number of carbonyl (C=O) groups excluding carboxylic acids is 2. The van der Waals surface area contributed by atoms with Crippen LogP contribution in [-0.2, 0) is 15.9 Å². The molecule has 2 aliphatic rings. The molecule has 0 bridgehead atoms. The van der Waals surface area contributed by atoms with Gasteiger partial charge in [-0.3, -0.25) is 9.59 Å². The van der Waals surface area contributed by atoms with E-state index >= 15 is 8.78 Å². The van der Waals surface area contributed by atoms with E-state index in [0.717, 1.165) is 0 Å². The van der Waals surface area contributed by atoms with E-state index in [1.807, 2.05) is 0 Å². The number of halogens is 4. The molecule has 0 aliphatic carbocycles. The van der Waals surface area contributed by atoms with Crippen molar-refractivity contribution in [2.45, 2.75) is 31.3 Å². The second kappa shape index (κ2) is 7.99. The Morgan fingerprint density at radius 2 is 1.88 bits per heavy atom. The van der Waals surface area contributed by atoms with Gasteiger partial charge in [-0.25, -0.2) is 8.78 Å². The highest BCUT2D eigenvalue weighted by Crippen LogP contribution is 2.45. The zero-order chi connectivity index (χ0) is 24.3. The molecule has 0 aromatic heterocycles. The summed E-state index contributed by atoms with van der Waals surface area (Å²) in [5.41, 5.74) is -1.12. The average molecular weight is 494 g/mol. The predicted octanol–water partition coefficient (Wildman–Crippen LogP) is 5.32. The number of nitrogens with one attached hydrogen (secondary N) is 1. The van der Waals surface area contributed by atoms with Crippen molar-refractivity contribution in [1.82, 2.24) is 9.80 Å². The van der Waals surface area contributed by atoms with E-state index in [0.29, 0.717) is 12.1 Å². The molecule has 1 atom stereocenters. The Bertz CT molecular complexity index is 1200. The Labute approximate surface area is 200 Å². The van der Waals surface area contributed by atoms with Gasteiger partial charge in [0.05, 0.1) is 26.7 Å². The van der Waals surface area contributed by atoms with Crippen LogP contribution in [0.3, 0.4) is 0 Å². The molecule has 2 heterocycles. The number of rotatable bonds is 4. The van der Waals surface area contributed by atoms with Gasteiger partial charge in [-0.1, -0.05) is 29.8 Å². The van der Waals surface area contributed by atoms with Gasteiger partial charge in [-0.15, -0.1) is 0 Å².